The zero-order chi connectivity index (χ0) is 19.2. The number of amides is 1. The lowest BCUT2D eigenvalue weighted by atomic mass is 9.92. The number of anilines is 2. The van der Waals surface area contributed by atoms with Crippen LogP contribution < -0.4 is 5.32 Å². The van der Waals surface area contributed by atoms with Crippen molar-refractivity contribution in [3.8, 4) is 0 Å². The van der Waals surface area contributed by atoms with Crippen LogP contribution in [0.2, 0.25) is 0 Å². The van der Waals surface area contributed by atoms with Gasteiger partial charge in [-0.05, 0) is 45.1 Å². The van der Waals surface area contributed by atoms with Gasteiger partial charge in [-0.2, -0.15) is 0 Å². The third-order valence-corrected chi connectivity index (χ3v) is 4.68. The molecule has 1 fully saturated rings. The van der Waals surface area contributed by atoms with Gasteiger partial charge in [0.1, 0.15) is 18.8 Å². The van der Waals surface area contributed by atoms with Crippen molar-refractivity contribution in [1.29, 1.82) is 0 Å². The number of methoxy groups -OCH3 is 1. The van der Waals surface area contributed by atoms with E-state index in [0.717, 1.165) is 49.4 Å². The van der Waals surface area contributed by atoms with Gasteiger partial charge in [-0.1, -0.05) is 0 Å². The lowest BCUT2D eigenvalue weighted by molar-refractivity contribution is -0.136. The van der Waals surface area contributed by atoms with Crippen LogP contribution in [0.5, 0.6) is 0 Å². The van der Waals surface area contributed by atoms with Crippen molar-refractivity contribution in [1.82, 2.24) is 24.8 Å². The van der Waals surface area contributed by atoms with Gasteiger partial charge in [0.15, 0.2) is 0 Å². The molecule has 0 aromatic carbocycles. The van der Waals surface area contributed by atoms with E-state index in [1.165, 1.54) is 0 Å². The number of aryl methyl sites for hydroxylation is 2. The maximum absolute atomic E-state index is 11.9. The summed E-state index contributed by atoms with van der Waals surface area (Å²) in [7, 11) is 1.55. The number of carbonyl (C=O) groups excluding carboxylic acids is 1. The molecular weight excluding hydrogens is 344 g/mol. The Morgan fingerprint density at radius 2 is 1.89 bits per heavy atom. The molecule has 1 aliphatic rings. The number of aromatic nitrogens is 4. The molecule has 8 heteroatoms. The third-order valence-electron chi connectivity index (χ3n) is 4.68. The van der Waals surface area contributed by atoms with Gasteiger partial charge in [0, 0.05) is 43.3 Å². The monoisotopic (exact) mass is 370 g/mol. The van der Waals surface area contributed by atoms with Crippen LogP contribution in [0.1, 0.15) is 29.9 Å². The van der Waals surface area contributed by atoms with E-state index in [9.17, 15) is 4.79 Å². The molecule has 0 radical (unpaired) electrons. The minimum absolute atomic E-state index is 0.0675. The fourth-order valence-electron chi connectivity index (χ4n) is 3.37. The molecule has 8 nitrogen and oxygen atoms in total. The van der Waals surface area contributed by atoms with Crippen molar-refractivity contribution in [2.75, 3.05) is 32.1 Å². The highest BCUT2D eigenvalue weighted by atomic mass is 16.5. The van der Waals surface area contributed by atoms with E-state index in [4.69, 9.17) is 4.74 Å². The predicted octanol–water partition coefficient (Wildman–Crippen LogP) is 2.05. The number of ether oxygens (including phenoxy) is 1. The van der Waals surface area contributed by atoms with Crippen molar-refractivity contribution < 1.29 is 9.53 Å². The van der Waals surface area contributed by atoms with Gasteiger partial charge in [-0.3, -0.25) is 4.79 Å². The van der Waals surface area contributed by atoms with E-state index in [0.29, 0.717) is 17.7 Å². The number of nitrogens with zero attached hydrogens (tertiary/aromatic N) is 5. The summed E-state index contributed by atoms with van der Waals surface area (Å²) in [5, 5.41) is 3.16. The molecule has 27 heavy (non-hydrogen) atoms. The van der Waals surface area contributed by atoms with Crippen molar-refractivity contribution >= 4 is 17.7 Å². The number of nitrogens with one attached hydrogen (secondary N) is 1. The van der Waals surface area contributed by atoms with Gasteiger partial charge < -0.3 is 15.0 Å². The maximum Gasteiger partial charge on any atom is 0.248 e. The Labute approximate surface area is 159 Å². The molecule has 1 N–H and O–H groups in total. The first-order valence-electron chi connectivity index (χ1n) is 9.20. The first kappa shape index (κ1) is 19.2. The Kier molecular flexibility index (Phi) is 6.28. The molecule has 0 unspecified atom stereocenters. The van der Waals surface area contributed by atoms with Gasteiger partial charge in [0.2, 0.25) is 11.9 Å². The summed E-state index contributed by atoms with van der Waals surface area (Å²) < 4.78 is 4.93. The van der Waals surface area contributed by atoms with Crippen molar-refractivity contribution in [2.24, 2.45) is 5.92 Å². The Hall–Kier alpha value is -2.61. The normalized spacial score (nSPS) is 15.0. The van der Waals surface area contributed by atoms with Crippen LogP contribution in [0, 0.1) is 19.8 Å². The number of likely N-dealkylation sites (tertiary alicyclic amines) is 1. The fraction of sp³-hybridized carbons (Fsp3) is 0.526. The van der Waals surface area contributed by atoms with Gasteiger partial charge in [0.05, 0.1) is 0 Å². The topological polar surface area (TPSA) is 93.1 Å². The van der Waals surface area contributed by atoms with Crippen LogP contribution in [0.4, 0.5) is 11.8 Å². The molecule has 144 valence electrons. The third kappa shape index (κ3) is 5.43. The second-order valence-electron chi connectivity index (χ2n) is 6.96. The summed E-state index contributed by atoms with van der Waals surface area (Å²) in [6.07, 6.45) is 4.39. The van der Waals surface area contributed by atoms with E-state index in [-0.39, 0.29) is 12.5 Å². The molecule has 1 saturated heterocycles. The van der Waals surface area contributed by atoms with Crippen LogP contribution in [0.25, 0.3) is 0 Å². The Bertz CT molecular complexity index is 769. The summed E-state index contributed by atoms with van der Waals surface area (Å²) in [4.78, 5) is 31.2. The van der Waals surface area contributed by atoms with Crippen LogP contribution in [-0.2, 0) is 16.0 Å². The predicted molar refractivity (Wildman–Crippen MR) is 102 cm³/mol. The molecule has 3 heterocycles. The zero-order valence-corrected chi connectivity index (χ0v) is 16.1. The Balaban J connectivity index is 1.57. The number of hydrogen-bond donors (Lipinski definition) is 1. The van der Waals surface area contributed by atoms with E-state index >= 15 is 0 Å². The second-order valence-corrected chi connectivity index (χ2v) is 6.96. The quantitative estimate of drug-likeness (QED) is 0.832. The first-order valence-corrected chi connectivity index (χ1v) is 9.20. The van der Waals surface area contributed by atoms with Gasteiger partial charge in [-0.25, -0.2) is 19.9 Å². The molecule has 0 aliphatic carbocycles. The summed E-state index contributed by atoms with van der Waals surface area (Å²) in [6, 6.07) is 3.88. The average Bonchev–Trinajstić information content (AvgIpc) is 2.62. The van der Waals surface area contributed by atoms with Crippen LogP contribution in [0.15, 0.2) is 18.5 Å². The number of carbonyl (C=O) groups is 1. The minimum atomic E-state index is 0.0675. The summed E-state index contributed by atoms with van der Waals surface area (Å²) in [6.45, 7) is 5.59. The molecule has 2 aromatic rings. The largest absolute Gasteiger partial charge is 0.375 e. The van der Waals surface area contributed by atoms with E-state index in [1.807, 2.05) is 30.9 Å². The van der Waals surface area contributed by atoms with Crippen molar-refractivity contribution in [2.45, 2.75) is 33.1 Å². The average molecular weight is 370 g/mol. The zero-order valence-electron chi connectivity index (χ0n) is 16.1. The molecule has 2 aromatic heterocycles. The number of hydrogen-bond acceptors (Lipinski definition) is 7. The van der Waals surface area contributed by atoms with Gasteiger partial charge in [-0.15, -0.1) is 0 Å². The summed E-state index contributed by atoms with van der Waals surface area (Å²) >= 11 is 0. The standard InChI is InChI=1S/C19H26N6O2/c1-13-8-14(2)23-19(22-13)24-17-10-16(20-12-21-17)9-15-4-6-25(7-5-15)18(26)11-27-3/h8,10,12,15H,4-7,9,11H2,1-3H3,(H,20,21,22,23,24). The molecule has 0 spiro atoms. The SMILES string of the molecule is COCC(=O)N1CCC(Cc2cc(Nc3nc(C)cc(C)n3)ncn2)CC1. The van der Waals surface area contributed by atoms with E-state index < -0.39 is 0 Å². The molecule has 1 aliphatic heterocycles. The van der Waals surface area contributed by atoms with Crippen LogP contribution in [0.3, 0.4) is 0 Å². The number of piperidine rings is 1. The molecule has 0 atom stereocenters. The molecule has 3 rings (SSSR count). The van der Waals surface area contributed by atoms with Crippen molar-refractivity contribution in [3.63, 3.8) is 0 Å². The maximum atomic E-state index is 11.9. The summed E-state index contributed by atoms with van der Waals surface area (Å²) in [5.74, 6) is 1.81. The summed E-state index contributed by atoms with van der Waals surface area (Å²) in [5.41, 5.74) is 2.81. The molecule has 1 amide bonds. The lowest BCUT2D eigenvalue weighted by Gasteiger charge is -2.31. The highest BCUT2D eigenvalue weighted by Gasteiger charge is 2.23. The van der Waals surface area contributed by atoms with Crippen LogP contribution >= 0.6 is 0 Å². The van der Waals surface area contributed by atoms with E-state index in [2.05, 4.69) is 25.3 Å². The van der Waals surface area contributed by atoms with Gasteiger partial charge >= 0.3 is 0 Å². The smallest absolute Gasteiger partial charge is 0.248 e. The molecular formula is C19H26N6O2. The number of rotatable bonds is 6. The second kappa shape index (κ2) is 8.85. The van der Waals surface area contributed by atoms with E-state index in [1.54, 1.807) is 13.4 Å². The molecule has 0 saturated carbocycles. The fourth-order valence-corrected chi connectivity index (χ4v) is 3.37. The van der Waals surface area contributed by atoms with Crippen molar-refractivity contribution in [3.05, 3.63) is 35.5 Å². The molecule has 0 bridgehead atoms. The van der Waals surface area contributed by atoms with Gasteiger partial charge in [0.25, 0.3) is 0 Å². The highest BCUT2D eigenvalue weighted by molar-refractivity contribution is 5.77. The first-order chi connectivity index (χ1) is 13.0. The Morgan fingerprint density at radius 3 is 2.56 bits per heavy atom. The highest BCUT2D eigenvalue weighted by Crippen LogP contribution is 2.22. The minimum Gasteiger partial charge on any atom is -0.375 e. The lowest BCUT2D eigenvalue weighted by Crippen LogP contribution is -2.40. The van der Waals surface area contributed by atoms with Crippen LogP contribution in [-0.4, -0.2) is 57.5 Å². The Morgan fingerprint density at radius 1 is 1.19 bits per heavy atom.